The summed E-state index contributed by atoms with van der Waals surface area (Å²) in [6.07, 6.45) is 2.55. The largest absolute Gasteiger partial charge is 0.478 e. The third-order valence-electron chi connectivity index (χ3n) is 3.30. The zero-order valence-corrected chi connectivity index (χ0v) is 9.98. The van der Waals surface area contributed by atoms with Crippen molar-refractivity contribution in [2.75, 3.05) is 6.54 Å². The van der Waals surface area contributed by atoms with Gasteiger partial charge in [-0.25, -0.2) is 4.79 Å². The lowest BCUT2D eigenvalue weighted by Gasteiger charge is -2.01. The number of rotatable bonds is 5. The van der Waals surface area contributed by atoms with E-state index in [1.807, 2.05) is 12.1 Å². The normalized spacial score (nSPS) is 15.1. The van der Waals surface area contributed by atoms with Gasteiger partial charge in [-0.05, 0) is 31.4 Å². The monoisotopic (exact) mass is 245 g/mol. The Morgan fingerprint density at radius 1 is 1.39 bits per heavy atom. The second kappa shape index (κ2) is 4.46. The molecule has 1 aliphatic rings. The number of hydrogen-bond donors (Lipinski definition) is 2. The topological polar surface area (TPSA) is 62.5 Å². The van der Waals surface area contributed by atoms with Gasteiger partial charge in [-0.15, -0.1) is 0 Å². The van der Waals surface area contributed by atoms with Crippen molar-refractivity contribution in [3.8, 4) is 0 Å². The molecule has 0 bridgehead atoms. The van der Waals surface area contributed by atoms with Gasteiger partial charge in [0.1, 0.15) is 16.9 Å². The van der Waals surface area contributed by atoms with Crippen molar-refractivity contribution in [3.63, 3.8) is 0 Å². The summed E-state index contributed by atoms with van der Waals surface area (Å²) in [5.41, 5.74) is 0.923. The molecule has 1 aromatic heterocycles. The van der Waals surface area contributed by atoms with E-state index in [-0.39, 0.29) is 5.56 Å². The Bertz CT molecular complexity index is 584. The van der Waals surface area contributed by atoms with Gasteiger partial charge in [0.2, 0.25) is 0 Å². The molecule has 18 heavy (non-hydrogen) atoms. The summed E-state index contributed by atoms with van der Waals surface area (Å²) in [6, 6.07) is 7.25. The number of hydrogen-bond acceptors (Lipinski definition) is 3. The summed E-state index contributed by atoms with van der Waals surface area (Å²) in [7, 11) is 0. The van der Waals surface area contributed by atoms with E-state index in [0.29, 0.717) is 23.3 Å². The second-order valence-corrected chi connectivity index (χ2v) is 4.78. The predicted octanol–water partition coefficient (Wildman–Crippen LogP) is 2.63. The van der Waals surface area contributed by atoms with Gasteiger partial charge in [-0.1, -0.05) is 18.2 Å². The van der Waals surface area contributed by atoms with E-state index < -0.39 is 5.97 Å². The minimum atomic E-state index is -0.928. The molecule has 3 rings (SSSR count). The van der Waals surface area contributed by atoms with Crippen LogP contribution in [0.2, 0.25) is 0 Å². The summed E-state index contributed by atoms with van der Waals surface area (Å²) >= 11 is 0. The number of furan rings is 1. The van der Waals surface area contributed by atoms with E-state index >= 15 is 0 Å². The molecule has 1 heterocycles. The maximum absolute atomic E-state index is 11.3. The van der Waals surface area contributed by atoms with E-state index in [9.17, 15) is 9.90 Å². The molecule has 1 saturated carbocycles. The second-order valence-electron chi connectivity index (χ2n) is 4.78. The quantitative estimate of drug-likeness (QED) is 0.850. The van der Waals surface area contributed by atoms with E-state index in [1.165, 1.54) is 12.8 Å². The predicted molar refractivity (Wildman–Crippen MR) is 67.6 cm³/mol. The van der Waals surface area contributed by atoms with Gasteiger partial charge in [-0.3, -0.25) is 0 Å². The minimum Gasteiger partial charge on any atom is -0.478 e. The average molecular weight is 245 g/mol. The molecule has 0 radical (unpaired) electrons. The van der Waals surface area contributed by atoms with Crippen molar-refractivity contribution < 1.29 is 14.3 Å². The third kappa shape index (κ3) is 2.11. The zero-order chi connectivity index (χ0) is 12.5. The average Bonchev–Trinajstić information content (AvgIpc) is 3.08. The first kappa shape index (κ1) is 11.3. The lowest BCUT2D eigenvalue weighted by molar-refractivity contribution is 0.0696. The molecule has 1 aromatic carbocycles. The van der Waals surface area contributed by atoms with Gasteiger partial charge in [0.25, 0.3) is 0 Å². The number of fused-ring (bicyclic) bond motifs is 1. The molecular weight excluding hydrogens is 230 g/mol. The van der Waals surface area contributed by atoms with Crippen LogP contribution in [-0.4, -0.2) is 17.6 Å². The van der Waals surface area contributed by atoms with Crippen LogP contribution in [0.5, 0.6) is 0 Å². The maximum Gasteiger partial charge on any atom is 0.339 e. The molecule has 4 nitrogen and oxygen atoms in total. The first-order valence-corrected chi connectivity index (χ1v) is 6.20. The number of benzene rings is 1. The molecule has 0 unspecified atom stereocenters. The minimum absolute atomic E-state index is 0.286. The Morgan fingerprint density at radius 3 is 2.89 bits per heavy atom. The molecule has 0 saturated heterocycles. The van der Waals surface area contributed by atoms with Crippen molar-refractivity contribution in [1.29, 1.82) is 0 Å². The molecule has 4 heteroatoms. The van der Waals surface area contributed by atoms with Crippen LogP contribution in [-0.2, 0) is 6.54 Å². The van der Waals surface area contributed by atoms with E-state index in [4.69, 9.17) is 4.42 Å². The van der Waals surface area contributed by atoms with Crippen LogP contribution in [0.3, 0.4) is 0 Å². The Morgan fingerprint density at radius 2 is 2.17 bits per heavy atom. The highest BCUT2D eigenvalue weighted by Crippen LogP contribution is 2.29. The van der Waals surface area contributed by atoms with Crippen LogP contribution in [0, 0.1) is 5.92 Å². The van der Waals surface area contributed by atoms with Crippen molar-refractivity contribution >= 4 is 16.9 Å². The summed E-state index contributed by atoms with van der Waals surface area (Å²) < 4.78 is 5.62. The van der Waals surface area contributed by atoms with Crippen LogP contribution in [0.4, 0.5) is 0 Å². The fourth-order valence-electron chi connectivity index (χ4n) is 2.17. The van der Waals surface area contributed by atoms with Gasteiger partial charge in [0.05, 0.1) is 6.54 Å². The lowest BCUT2D eigenvalue weighted by Crippen LogP contribution is -2.17. The number of aromatic carboxylic acids is 1. The highest BCUT2D eigenvalue weighted by Gasteiger charge is 2.22. The molecule has 2 N–H and O–H groups in total. The summed E-state index contributed by atoms with van der Waals surface area (Å²) in [4.78, 5) is 11.3. The Hall–Kier alpha value is -1.81. The first-order valence-electron chi connectivity index (χ1n) is 6.20. The van der Waals surface area contributed by atoms with Gasteiger partial charge in [-0.2, -0.15) is 0 Å². The maximum atomic E-state index is 11.3. The molecule has 94 valence electrons. The van der Waals surface area contributed by atoms with Crippen LogP contribution >= 0.6 is 0 Å². The van der Waals surface area contributed by atoms with Crippen LogP contribution in [0.1, 0.15) is 29.0 Å². The summed E-state index contributed by atoms with van der Waals surface area (Å²) in [5.74, 6) is 0.357. The molecule has 1 fully saturated rings. The number of carboxylic acids is 1. The molecule has 0 aliphatic heterocycles. The first-order chi connectivity index (χ1) is 8.75. The fourth-order valence-corrected chi connectivity index (χ4v) is 2.17. The van der Waals surface area contributed by atoms with Gasteiger partial charge >= 0.3 is 5.97 Å². The summed E-state index contributed by atoms with van der Waals surface area (Å²) in [6.45, 7) is 1.42. The Labute approximate surface area is 105 Å². The molecule has 0 atom stereocenters. The number of para-hydroxylation sites is 1. The van der Waals surface area contributed by atoms with E-state index in [0.717, 1.165) is 12.5 Å². The fraction of sp³-hybridized carbons (Fsp3) is 0.357. The number of carboxylic acid groups (broad SMARTS) is 1. The van der Waals surface area contributed by atoms with E-state index in [1.54, 1.807) is 12.1 Å². The van der Waals surface area contributed by atoms with Crippen molar-refractivity contribution in [2.24, 2.45) is 5.92 Å². The summed E-state index contributed by atoms with van der Waals surface area (Å²) in [5, 5.41) is 13.2. The molecular formula is C14H15NO3. The van der Waals surface area contributed by atoms with Crippen LogP contribution in [0.15, 0.2) is 28.7 Å². The van der Waals surface area contributed by atoms with Crippen LogP contribution in [0.25, 0.3) is 11.0 Å². The Balaban J connectivity index is 1.88. The highest BCUT2D eigenvalue weighted by atomic mass is 16.4. The standard InChI is InChI=1S/C14H15NO3/c16-14(17)13-10-3-1-2-4-11(10)18-12(13)8-15-7-9-5-6-9/h1-4,9,15H,5-8H2,(H,16,17). The molecule has 0 spiro atoms. The highest BCUT2D eigenvalue weighted by molar-refractivity contribution is 6.03. The molecule has 1 aliphatic carbocycles. The van der Waals surface area contributed by atoms with Crippen molar-refractivity contribution in [1.82, 2.24) is 5.32 Å². The Kier molecular flexibility index (Phi) is 2.80. The van der Waals surface area contributed by atoms with E-state index in [2.05, 4.69) is 5.32 Å². The van der Waals surface area contributed by atoms with Gasteiger partial charge in [0, 0.05) is 5.39 Å². The number of carbonyl (C=O) groups is 1. The molecule has 2 aromatic rings. The smallest absolute Gasteiger partial charge is 0.339 e. The zero-order valence-electron chi connectivity index (χ0n) is 9.98. The third-order valence-corrected chi connectivity index (χ3v) is 3.30. The lowest BCUT2D eigenvalue weighted by atomic mass is 10.1. The molecule has 0 amide bonds. The van der Waals surface area contributed by atoms with Gasteiger partial charge < -0.3 is 14.8 Å². The van der Waals surface area contributed by atoms with Crippen LogP contribution < -0.4 is 5.32 Å². The van der Waals surface area contributed by atoms with Crippen molar-refractivity contribution in [3.05, 3.63) is 35.6 Å². The SMILES string of the molecule is O=C(O)c1c(CNCC2CC2)oc2ccccc12. The van der Waals surface area contributed by atoms with Gasteiger partial charge in [0.15, 0.2) is 0 Å². The van der Waals surface area contributed by atoms with Crippen molar-refractivity contribution in [2.45, 2.75) is 19.4 Å². The number of nitrogens with one attached hydrogen (secondary N) is 1.